The number of hydrogen-bond acceptors (Lipinski definition) is 4. The van der Waals surface area contributed by atoms with E-state index in [-0.39, 0.29) is 12.6 Å². The number of methoxy groups -OCH3 is 1. The molecule has 1 aliphatic carbocycles. The predicted molar refractivity (Wildman–Crippen MR) is 86.5 cm³/mol. The summed E-state index contributed by atoms with van der Waals surface area (Å²) in [5.41, 5.74) is 0. The Labute approximate surface area is 136 Å². The first-order valence-electron chi connectivity index (χ1n) is 8.04. The van der Waals surface area contributed by atoms with Gasteiger partial charge in [-0.25, -0.2) is 0 Å². The summed E-state index contributed by atoms with van der Waals surface area (Å²) in [7, 11) is 1.60. The number of nitrogens with one attached hydrogen (secondary N) is 2. The Hall–Kier alpha value is -2.24. The topological polar surface area (TPSA) is 76.7 Å². The van der Waals surface area contributed by atoms with Crippen molar-refractivity contribution < 1.29 is 19.1 Å². The van der Waals surface area contributed by atoms with Crippen molar-refractivity contribution in [3.63, 3.8) is 0 Å². The van der Waals surface area contributed by atoms with Gasteiger partial charge in [0.1, 0.15) is 18.1 Å². The van der Waals surface area contributed by atoms with Crippen LogP contribution in [0.25, 0.3) is 0 Å². The van der Waals surface area contributed by atoms with Crippen molar-refractivity contribution in [1.29, 1.82) is 0 Å². The van der Waals surface area contributed by atoms with Crippen LogP contribution in [-0.4, -0.2) is 38.1 Å². The third kappa shape index (κ3) is 5.81. The van der Waals surface area contributed by atoms with E-state index in [9.17, 15) is 9.59 Å². The smallest absolute Gasteiger partial charge is 0.309 e. The minimum absolute atomic E-state index is 0.137. The van der Waals surface area contributed by atoms with Crippen LogP contribution in [0.5, 0.6) is 11.5 Å². The second-order valence-corrected chi connectivity index (χ2v) is 5.59. The van der Waals surface area contributed by atoms with E-state index in [4.69, 9.17) is 9.47 Å². The van der Waals surface area contributed by atoms with Gasteiger partial charge in [0.05, 0.1) is 13.7 Å². The van der Waals surface area contributed by atoms with E-state index in [1.165, 1.54) is 6.42 Å². The van der Waals surface area contributed by atoms with Crippen molar-refractivity contribution in [1.82, 2.24) is 10.6 Å². The van der Waals surface area contributed by atoms with Crippen LogP contribution in [0, 0.1) is 0 Å². The van der Waals surface area contributed by atoms with Gasteiger partial charge in [-0.2, -0.15) is 0 Å². The van der Waals surface area contributed by atoms with Gasteiger partial charge < -0.3 is 20.1 Å². The third-order valence-electron chi connectivity index (χ3n) is 3.86. The maximum Gasteiger partial charge on any atom is 0.309 e. The Morgan fingerprint density at radius 2 is 1.70 bits per heavy atom. The summed E-state index contributed by atoms with van der Waals surface area (Å²) in [6.45, 7) is 0.581. The molecule has 1 aromatic rings. The van der Waals surface area contributed by atoms with Gasteiger partial charge >= 0.3 is 11.8 Å². The van der Waals surface area contributed by atoms with Crippen molar-refractivity contribution in [2.24, 2.45) is 0 Å². The first kappa shape index (κ1) is 17.1. The molecule has 2 rings (SSSR count). The van der Waals surface area contributed by atoms with E-state index < -0.39 is 11.8 Å². The number of carbonyl (C=O) groups is 2. The highest BCUT2D eigenvalue weighted by molar-refractivity contribution is 6.35. The molecule has 126 valence electrons. The normalized spacial score (nSPS) is 14.8. The molecule has 0 aromatic heterocycles. The van der Waals surface area contributed by atoms with Crippen molar-refractivity contribution in [2.75, 3.05) is 20.3 Å². The Bertz CT molecular complexity index is 510. The second-order valence-electron chi connectivity index (χ2n) is 5.59. The zero-order valence-electron chi connectivity index (χ0n) is 13.5. The van der Waals surface area contributed by atoms with Gasteiger partial charge in [-0.05, 0) is 37.1 Å². The number of rotatable bonds is 6. The summed E-state index contributed by atoms with van der Waals surface area (Å²) in [5.74, 6) is 0.284. The average Bonchev–Trinajstić information content (AvgIpc) is 2.60. The van der Waals surface area contributed by atoms with Crippen LogP contribution in [0.1, 0.15) is 32.1 Å². The quantitative estimate of drug-likeness (QED) is 0.617. The average molecular weight is 320 g/mol. The molecule has 1 aromatic carbocycles. The maximum atomic E-state index is 11.8. The fourth-order valence-electron chi connectivity index (χ4n) is 2.58. The largest absolute Gasteiger partial charge is 0.497 e. The van der Waals surface area contributed by atoms with Crippen LogP contribution in [0.15, 0.2) is 24.3 Å². The van der Waals surface area contributed by atoms with Gasteiger partial charge in [0.2, 0.25) is 0 Å². The van der Waals surface area contributed by atoms with Gasteiger partial charge in [-0.15, -0.1) is 0 Å². The molecule has 6 nitrogen and oxygen atoms in total. The van der Waals surface area contributed by atoms with Crippen LogP contribution in [-0.2, 0) is 9.59 Å². The summed E-state index contributed by atoms with van der Waals surface area (Å²) >= 11 is 0. The highest BCUT2D eigenvalue weighted by Crippen LogP contribution is 2.17. The first-order chi connectivity index (χ1) is 11.2. The van der Waals surface area contributed by atoms with E-state index in [1.54, 1.807) is 31.4 Å². The highest BCUT2D eigenvalue weighted by Gasteiger charge is 2.19. The maximum absolute atomic E-state index is 11.8. The van der Waals surface area contributed by atoms with Gasteiger partial charge in [-0.1, -0.05) is 19.3 Å². The lowest BCUT2D eigenvalue weighted by molar-refractivity contribution is -0.139. The molecular formula is C17H24N2O4. The molecule has 1 fully saturated rings. The number of benzene rings is 1. The zero-order valence-corrected chi connectivity index (χ0v) is 13.5. The zero-order chi connectivity index (χ0) is 16.5. The highest BCUT2D eigenvalue weighted by atomic mass is 16.5. The van der Waals surface area contributed by atoms with Gasteiger partial charge in [0, 0.05) is 6.04 Å². The standard InChI is InChI=1S/C17H24N2O4/c1-22-14-7-9-15(10-8-14)23-12-11-18-16(20)17(21)19-13-5-3-2-4-6-13/h7-10,13H,2-6,11-12H2,1H3,(H,18,20)(H,19,21). The van der Waals surface area contributed by atoms with Crippen molar-refractivity contribution in [2.45, 2.75) is 38.1 Å². The van der Waals surface area contributed by atoms with Gasteiger partial charge in [0.25, 0.3) is 0 Å². The molecular weight excluding hydrogens is 296 g/mol. The van der Waals surface area contributed by atoms with Crippen LogP contribution in [0.2, 0.25) is 0 Å². The van der Waals surface area contributed by atoms with Crippen molar-refractivity contribution in [3.8, 4) is 11.5 Å². The Morgan fingerprint density at radius 1 is 1.04 bits per heavy atom. The molecule has 23 heavy (non-hydrogen) atoms. The molecule has 0 aliphatic heterocycles. The lowest BCUT2D eigenvalue weighted by atomic mass is 9.95. The number of carbonyl (C=O) groups excluding carboxylic acids is 2. The molecule has 0 unspecified atom stereocenters. The Morgan fingerprint density at radius 3 is 2.35 bits per heavy atom. The van der Waals surface area contributed by atoms with Gasteiger partial charge in [0.15, 0.2) is 0 Å². The lowest BCUT2D eigenvalue weighted by Gasteiger charge is -2.22. The van der Waals surface area contributed by atoms with Crippen LogP contribution < -0.4 is 20.1 Å². The Balaban J connectivity index is 1.62. The van der Waals surface area contributed by atoms with E-state index in [0.717, 1.165) is 31.4 Å². The van der Waals surface area contributed by atoms with E-state index in [1.807, 2.05) is 0 Å². The molecule has 2 N–H and O–H groups in total. The SMILES string of the molecule is COc1ccc(OCCNC(=O)C(=O)NC2CCCCC2)cc1. The second kappa shape index (κ2) is 9.02. The molecule has 0 bridgehead atoms. The summed E-state index contributed by atoms with van der Waals surface area (Å²) in [6.07, 6.45) is 5.35. The third-order valence-corrected chi connectivity index (χ3v) is 3.86. The number of hydrogen-bond donors (Lipinski definition) is 2. The monoisotopic (exact) mass is 320 g/mol. The van der Waals surface area contributed by atoms with E-state index in [0.29, 0.717) is 12.4 Å². The van der Waals surface area contributed by atoms with Crippen LogP contribution in [0.4, 0.5) is 0 Å². The van der Waals surface area contributed by atoms with E-state index >= 15 is 0 Å². The minimum Gasteiger partial charge on any atom is -0.497 e. The molecule has 1 saturated carbocycles. The molecule has 0 spiro atoms. The number of amides is 2. The molecule has 0 heterocycles. The first-order valence-corrected chi connectivity index (χ1v) is 8.04. The molecule has 0 radical (unpaired) electrons. The van der Waals surface area contributed by atoms with Crippen LogP contribution in [0.3, 0.4) is 0 Å². The molecule has 0 saturated heterocycles. The summed E-state index contributed by atoms with van der Waals surface area (Å²) < 4.78 is 10.5. The summed E-state index contributed by atoms with van der Waals surface area (Å²) in [4.78, 5) is 23.5. The Kier molecular flexibility index (Phi) is 6.72. The number of ether oxygens (including phenoxy) is 2. The van der Waals surface area contributed by atoms with Crippen molar-refractivity contribution >= 4 is 11.8 Å². The van der Waals surface area contributed by atoms with Crippen LogP contribution >= 0.6 is 0 Å². The van der Waals surface area contributed by atoms with Crippen molar-refractivity contribution in [3.05, 3.63) is 24.3 Å². The molecule has 0 atom stereocenters. The molecule has 6 heteroatoms. The fraction of sp³-hybridized carbons (Fsp3) is 0.529. The van der Waals surface area contributed by atoms with E-state index in [2.05, 4.69) is 10.6 Å². The molecule has 1 aliphatic rings. The summed E-state index contributed by atoms with van der Waals surface area (Å²) in [6, 6.07) is 7.31. The lowest BCUT2D eigenvalue weighted by Crippen LogP contribution is -2.46. The predicted octanol–water partition coefficient (Wildman–Crippen LogP) is 1.64. The fourth-order valence-corrected chi connectivity index (χ4v) is 2.58. The molecule has 2 amide bonds. The van der Waals surface area contributed by atoms with Gasteiger partial charge in [-0.3, -0.25) is 9.59 Å². The summed E-state index contributed by atoms with van der Waals surface area (Å²) in [5, 5.41) is 5.35. The minimum atomic E-state index is -0.603.